The van der Waals surface area contributed by atoms with Gasteiger partial charge in [0.25, 0.3) is 17.6 Å². The van der Waals surface area contributed by atoms with E-state index in [1.165, 1.54) is 59.3 Å². The van der Waals surface area contributed by atoms with Crippen LogP contribution in [0.2, 0.25) is 0 Å². The van der Waals surface area contributed by atoms with Crippen LogP contribution in [0, 0.1) is 30.6 Å². The van der Waals surface area contributed by atoms with Crippen molar-refractivity contribution in [2.24, 2.45) is 23.7 Å². The van der Waals surface area contributed by atoms with Crippen LogP contribution in [0.5, 0.6) is 23.0 Å². The number of hydrogen-bond acceptors (Lipinski definition) is 14. The maximum atomic E-state index is 14.6. The number of allylic oxidation sites excluding steroid dienone is 2. The third-order valence-corrected chi connectivity index (χ3v) is 12.4. The van der Waals surface area contributed by atoms with Gasteiger partial charge in [0.15, 0.2) is 12.4 Å². The van der Waals surface area contributed by atoms with Crippen LogP contribution >= 0.6 is 0 Å². The van der Waals surface area contributed by atoms with Gasteiger partial charge in [0, 0.05) is 86.9 Å². The van der Waals surface area contributed by atoms with Crippen molar-refractivity contribution in [1.82, 2.24) is 10.0 Å². The molecule has 4 aliphatic heterocycles. The summed E-state index contributed by atoms with van der Waals surface area (Å²) in [6.07, 6.45) is 6.57. The van der Waals surface area contributed by atoms with Crippen LogP contribution in [-0.2, 0) is 28.6 Å². The number of aliphatic hydroxyl groups is 2. The van der Waals surface area contributed by atoms with Crippen molar-refractivity contribution in [1.29, 1.82) is 0 Å². The van der Waals surface area contributed by atoms with Crippen molar-refractivity contribution in [3.8, 4) is 23.0 Å². The van der Waals surface area contributed by atoms with Gasteiger partial charge in [-0.1, -0.05) is 52.3 Å². The minimum atomic E-state index is -2.03. The summed E-state index contributed by atoms with van der Waals surface area (Å²) in [5, 5.41) is 52.3. The molecule has 340 valence electrons. The van der Waals surface area contributed by atoms with E-state index in [0.717, 1.165) is 19.3 Å². The van der Waals surface area contributed by atoms with E-state index in [1.807, 2.05) is 11.9 Å². The number of phenolic OH excluding ortho intramolecular Hbond substituents is 2. The summed E-state index contributed by atoms with van der Waals surface area (Å²) in [6.45, 7) is 15.8. The van der Waals surface area contributed by atoms with Crippen molar-refractivity contribution in [3.63, 3.8) is 0 Å². The normalized spacial score (nSPS) is 30.7. The number of methoxy groups -OCH3 is 1. The number of aliphatic hydroxyl groups excluding tert-OH is 2. The zero-order chi connectivity index (χ0) is 45.8. The topological polar surface area (TPSA) is 214 Å². The molecule has 16 nitrogen and oxygen atoms in total. The lowest BCUT2D eigenvalue weighted by Gasteiger charge is -2.38. The predicted molar refractivity (Wildman–Crippen MR) is 230 cm³/mol. The van der Waals surface area contributed by atoms with Crippen LogP contribution in [0.4, 0.5) is 5.69 Å². The predicted octanol–water partition coefficient (Wildman–Crippen LogP) is 5.68. The number of amides is 2. The van der Waals surface area contributed by atoms with Crippen LogP contribution in [0.15, 0.2) is 42.2 Å². The summed E-state index contributed by atoms with van der Waals surface area (Å²) in [4.78, 5) is 54.3. The molecule has 9 atom stereocenters. The van der Waals surface area contributed by atoms with Gasteiger partial charge in [0.1, 0.15) is 23.4 Å². The standard InChI is InChI=1S/C46H63N3O13/c1-11-49(48-19-13-12-14-20-48)34(51)23-59-33-22-31-41(55)36-35(33)37-43(29(7)40(36)54)62-46(9,44(37)56)60-21-18-32(58-10)26(4)42(61-30(8)50)28(6)39(53)27(5)38(52)24(2)16-15-17-25(3)45(57)47-31/h15-18,21-22,24,26-28,32,38-39,42,52-55H,11-14,19-20,23H2,1-10H3,(H,47,57)/b16-15+,21-18+,25-17-. The number of hydrazine groups is 1. The summed E-state index contributed by atoms with van der Waals surface area (Å²) in [5.74, 6) is -8.00. The summed E-state index contributed by atoms with van der Waals surface area (Å²) >= 11 is 0. The van der Waals surface area contributed by atoms with Crippen molar-refractivity contribution in [2.45, 2.75) is 112 Å². The lowest BCUT2D eigenvalue weighted by molar-refractivity contribution is -0.160. The molecule has 2 aromatic rings. The van der Waals surface area contributed by atoms with E-state index in [4.69, 9.17) is 23.7 Å². The molecule has 4 heterocycles. The highest BCUT2D eigenvalue weighted by atomic mass is 16.7. The van der Waals surface area contributed by atoms with Crippen LogP contribution in [-0.4, -0.2) is 118 Å². The fourth-order valence-corrected chi connectivity index (χ4v) is 8.62. The average molecular weight is 866 g/mol. The molecule has 6 rings (SSSR count). The van der Waals surface area contributed by atoms with Gasteiger partial charge in [-0.25, -0.2) is 5.01 Å². The molecule has 5 bridgehead atoms. The lowest BCUT2D eigenvalue weighted by Crippen LogP contribution is -2.50. The second-order valence-corrected chi connectivity index (χ2v) is 16.8. The molecule has 1 fully saturated rings. The number of phenols is 2. The first-order chi connectivity index (χ1) is 29.3. The number of Topliss-reactive ketones (excluding diaryl/α,β-unsaturated/α-hetero) is 1. The molecule has 2 aromatic carbocycles. The lowest BCUT2D eigenvalue weighted by atomic mass is 9.78. The van der Waals surface area contributed by atoms with Crippen LogP contribution in [0.25, 0.3) is 10.8 Å². The molecule has 0 spiro atoms. The van der Waals surface area contributed by atoms with Gasteiger partial charge in [-0.3, -0.25) is 24.2 Å². The molecular formula is C46H63N3O13. The van der Waals surface area contributed by atoms with Gasteiger partial charge in [-0.15, -0.1) is 0 Å². The van der Waals surface area contributed by atoms with Crippen molar-refractivity contribution in [3.05, 3.63) is 53.3 Å². The number of hydrogen-bond donors (Lipinski definition) is 5. The van der Waals surface area contributed by atoms with Crippen molar-refractivity contribution < 1.29 is 63.3 Å². The summed E-state index contributed by atoms with van der Waals surface area (Å²) in [6, 6.07) is 1.29. The van der Waals surface area contributed by atoms with E-state index in [2.05, 4.69) is 5.32 Å². The Morgan fingerprint density at radius 3 is 2.27 bits per heavy atom. The molecule has 2 amide bonds. The van der Waals surface area contributed by atoms with E-state index < -0.39 is 89.6 Å². The number of carbonyl (C=O) groups excluding carboxylic acids is 4. The van der Waals surface area contributed by atoms with E-state index in [-0.39, 0.29) is 50.6 Å². The first-order valence-electron chi connectivity index (χ1n) is 21.3. The summed E-state index contributed by atoms with van der Waals surface area (Å²) in [7, 11) is 1.44. The van der Waals surface area contributed by atoms with Crippen LogP contribution in [0.1, 0.15) is 90.6 Å². The fraction of sp³-hybridized carbons (Fsp3) is 0.565. The minimum Gasteiger partial charge on any atom is -0.507 e. The monoisotopic (exact) mass is 865 g/mol. The molecule has 16 heteroatoms. The van der Waals surface area contributed by atoms with E-state index in [0.29, 0.717) is 19.6 Å². The zero-order valence-electron chi connectivity index (χ0n) is 37.4. The van der Waals surface area contributed by atoms with Crippen molar-refractivity contribution >= 4 is 40.0 Å². The van der Waals surface area contributed by atoms with Gasteiger partial charge in [-0.2, -0.15) is 0 Å². The Balaban J connectivity index is 1.66. The number of ketones is 1. The van der Waals surface area contributed by atoms with Crippen LogP contribution in [0.3, 0.4) is 0 Å². The Kier molecular flexibility index (Phi) is 15.4. The molecule has 0 aromatic heterocycles. The highest BCUT2D eigenvalue weighted by Crippen LogP contribution is 2.54. The molecule has 4 aliphatic rings. The summed E-state index contributed by atoms with van der Waals surface area (Å²) < 4.78 is 30.0. The van der Waals surface area contributed by atoms with E-state index in [9.17, 15) is 39.6 Å². The third-order valence-electron chi connectivity index (χ3n) is 12.4. The highest BCUT2D eigenvalue weighted by Gasteiger charge is 2.50. The van der Waals surface area contributed by atoms with Crippen molar-refractivity contribution in [2.75, 3.05) is 38.7 Å². The molecule has 0 saturated carbocycles. The first-order valence-corrected chi connectivity index (χ1v) is 21.3. The number of esters is 1. The number of benzene rings is 2. The zero-order valence-corrected chi connectivity index (χ0v) is 37.4. The second-order valence-electron chi connectivity index (χ2n) is 16.8. The number of anilines is 1. The van der Waals surface area contributed by atoms with Crippen LogP contribution < -0.4 is 14.8 Å². The van der Waals surface area contributed by atoms with Gasteiger partial charge in [0.2, 0.25) is 0 Å². The number of fused-ring (bicyclic) bond motifs is 14. The number of ether oxygens (including phenoxy) is 5. The molecular weight excluding hydrogens is 803 g/mol. The molecule has 9 unspecified atom stereocenters. The molecule has 62 heavy (non-hydrogen) atoms. The largest absolute Gasteiger partial charge is 0.507 e. The Morgan fingerprint density at radius 1 is 0.968 bits per heavy atom. The van der Waals surface area contributed by atoms with E-state index in [1.54, 1.807) is 44.9 Å². The summed E-state index contributed by atoms with van der Waals surface area (Å²) in [5.41, 5.74) is 0.00879. The quantitative estimate of drug-likeness (QED) is 0.168. The molecule has 5 N–H and O–H groups in total. The number of aromatic hydroxyl groups is 2. The average Bonchev–Trinajstić information content (AvgIpc) is 3.51. The Labute approximate surface area is 363 Å². The Bertz CT molecular complexity index is 2110. The number of nitrogens with zero attached hydrogens (tertiary/aromatic N) is 2. The molecule has 0 aliphatic carbocycles. The smallest absolute Gasteiger partial charge is 0.312 e. The van der Waals surface area contributed by atoms with Gasteiger partial charge in [0.05, 0.1) is 41.2 Å². The number of nitrogens with one attached hydrogen (secondary N) is 1. The molecule has 0 radical (unpaired) electrons. The van der Waals surface area contributed by atoms with Gasteiger partial charge in [-0.05, 0) is 39.7 Å². The van der Waals surface area contributed by atoms with Gasteiger partial charge >= 0.3 is 11.8 Å². The number of rotatable bonds is 7. The number of likely N-dealkylation sites (N-methyl/N-ethyl adjacent to an activating group) is 1. The maximum absolute atomic E-state index is 14.6. The fourth-order valence-electron chi connectivity index (χ4n) is 8.62. The Hall–Kier alpha value is -5.16. The minimum absolute atomic E-state index is 0.0530. The highest BCUT2D eigenvalue weighted by molar-refractivity contribution is 6.21. The third kappa shape index (κ3) is 9.73. The number of piperidine rings is 1. The second kappa shape index (κ2) is 19.9. The SMILES string of the molecule is CCN(C(=O)COc1cc2c(O)c3c(O)c(C)c4c(c13)C(=O)C(C)(O/C=C/C(OC)C(C)C(OC(C)=O)C(C)C(O)C(C)C(O)C(C)/C=C/C=C(/C)C(=O)N2)O4)N1CCCCC1. The maximum Gasteiger partial charge on any atom is 0.312 e. The Morgan fingerprint density at radius 2 is 1.65 bits per heavy atom. The molecule has 1 saturated heterocycles. The number of carbonyl (C=O) groups is 4. The van der Waals surface area contributed by atoms with E-state index >= 15 is 0 Å². The van der Waals surface area contributed by atoms with Gasteiger partial charge < -0.3 is 49.4 Å². The first kappa shape index (κ1) is 47.9.